The molecule has 1 saturated heterocycles. The number of fused-ring (bicyclic) bond motifs is 1. The summed E-state index contributed by atoms with van der Waals surface area (Å²) in [5.74, 6) is 0. The van der Waals surface area contributed by atoms with Crippen molar-refractivity contribution in [3.05, 3.63) is 75.1 Å². The molecule has 1 aliphatic heterocycles. The summed E-state index contributed by atoms with van der Waals surface area (Å²) in [6.45, 7) is 11.9. The number of likely N-dealkylation sites (N-methyl/N-ethyl adjacent to an activating group) is 1. The fraction of sp³-hybridized carbons (Fsp3) is 0.429. The molecule has 0 radical (unpaired) electrons. The van der Waals surface area contributed by atoms with E-state index in [0.29, 0.717) is 17.7 Å². The highest BCUT2D eigenvalue weighted by molar-refractivity contribution is 7.80. The van der Waals surface area contributed by atoms with E-state index in [1.54, 1.807) is 0 Å². The van der Waals surface area contributed by atoms with Crippen LogP contribution in [0.1, 0.15) is 48.9 Å². The molecule has 1 aromatic heterocycles. The Morgan fingerprint density at radius 1 is 1.18 bits per heavy atom. The SMILES string of the molecule is CCc1ccccc1NC(=S)N(Cc1cc2ccc(C)c(C)c2[nH]c1=O)C[C@@H]1CCCN1CC. The fourth-order valence-corrected chi connectivity index (χ4v) is 5.28. The quantitative estimate of drug-likeness (QED) is 0.448. The molecular formula is C28H36N4OS. The van der Waals surface area contributed by atoms with Crippen molar-refractivity contribution in [2.24, 2.45) is 0 Å². The Morgan fingerprint density at radius 2 is 1.97 bits per heavy atom. The van der Waals surface area contributed by atoms with Gasteiger partial charge in [0.15, 0.2) is 5.11 Å². The van der Waals surface area contributed by atoms with Crippen LogP contribution in [0, 0.1) is 13.8 Å². The number of hydrogen-bond donors (Lipinski definition) is 2. The summed E-state index contributed by atoms with van der Waals surface area (Å²) in [7, 11) is 0. The molecule has 0 saturated carbocycles. The third kappa shape index (κ3) is 5.18. The molecule has 5 nitrogen and oxygen atoms in total. The average molecular weight is 477 g/mol. The van der Waals surface area contributed by atoms with Gasteiger partial charge in [0, 0.05) is 23.8 Å². The molecule has 2 N–H and O–H groups in total. The summed E-state index contributed by atoms with van der Waals surface area (Å²) in [4.78, 5) is 21.0. The van der Waals surface area contributed by atoms with Gasteiger partial charge in [-0.3, -0.25) is 9.69 Å². The maximum absolute atomic E-state index is 13.1. The maximum atomic E-state index is 13.1. The lowest BCUT2D eigenvalue weighted by Crippen LogP contribution is -2.45. The molecule has 6 heteroatoms. The third-order valence-electron chi connectivity index (χ3n) is 7.25. The minimum Gasteiger partial charge on any atom is -0.343 e. The highest BCUT2D eigenvalue weighted by Crippen LogP contribution is 2.23. The summed E-state index contributed by atoms with van der Waals surface area (Å²) in [5, 5.41) is 5.22. The molecule has 0 unspecified atom stereocenters. The predicted molar refractivity (Wildman–Crippen MR) is 147 cm³/mol. The van der Waals surface area contributed by atoms with E-state index in [0.717, 1.165) is 60.2 Å². The second-order valence-electron chi connectivity index (χ2n) is 9.34. The second kappa shape index (κ2) is 10.7. The molecule has 180 valence electrons. The molecule has 1 atom stereocenters. The third-order valence-corrected chi connectivity index (χ3v) is 7.61. The Bertz CT molecular complexity index is 1230. The normalized spacial score (nSPS) is 16.2. The van der Waals surface area contributed by atoms with Gasteiger partial charge in [-0.25, -0.2) is 0 Å². The molecule has 0 bridgehead atoms. The van der Waals surface area contributed by atoms with Crippen LogP contribution in [-0.2, 0) is 13.0 Å². The minimum absolute atomic E-state index is 0.0401. The van der Waals surface area contributed by atoms with Crippen LogP contribution in [0.3, 0.4) is 0 Å². The zero-order valence-electron chi connectivity index (χ0n) is 20.8. The molecule has 2 aromatic carbocycles. The first kappa shape index (κ1) is 24.4. The number of thiocarbonyl (C=S) groups is 1. The van der Waals surface area contributed by atoms with E-state index in [1.165, 1.54) is 17.5 Å². The van der Waals surface area contributed by atoms with Crippen LogP contribution in [0.5, 0.6) is 0 Å². The van der Waals surface area contributed by atoms with E-state index in [1.807, 2.05) is 12.1 Å². The zero-order chi connectivity index (χ0) is 24.2. The number of likely N-dealkylation sites (tertiary alicyclic amines) is 1. The van der Waals surface area contributed by atoms with Crippen LogP contribution in [-0.4, -0.2) is 45.6 Å². The first-order valence-corrected chi connectivity index (χ1v) is 12.8. The summed E-state index contributed by atoms with van der Waals surface area (Å²) in [6.07, 6.45) is 3.30. The number of hydrogen-bond acceptors (Lipinski definition) is 3. The van der Waals surface area contributed by atoms with Crippen LogP contribution in [0.4, 0.5) is 5.69 Å². The highest BCUT2D eigenvalue weighted by atomic mass is 32.1. The number of nitrogens with one attached hydrogen (secondary N) is 2. The molecule has 3 aromatic rings. The lowest BCUT2D eigenvalue weighted by Gasteiger charge is -2.32. The van der Waals surface area contributed by atoms with Gasteiger partial charge in [0.05, 0.1) is 12.1 Å². The number of para-hydroxylation sites is 1. The van der Waals surface area contributed by atoms with Gasteiger partial charge in [-0.15, -0.1) is 0 Å². The number of pyridine rings is 1. The molecule has 0 amide bonds. The first-order chi connectivity index (χ1) is 16.4. The molecule has 1 aliphatic rings. The largest absolute Gasteiger partial charge is 0.343 e. The van der Waals surface area contributed by atoms with E-state index in [9.17, 15) is 4.79 Å². The number of H-pyrrole nitrogens is 1. The van der Waals surface area contributed by atoms with Gasteiger partial charge in [0.25, 0.3) is 5.56 Å². The summed E-state index contributed by atoms with van der Waals surface area (Å²) >= 11 is 5.93. The van der Waals surface area contributed by atoms with Crippen LogP contribution in [0.25, 0.3) is 10.9 Å². The maximum Gasteiger partial charge on any atom is 0.253 e. The Hall–Kier alpha value is -2.70. The van der Waals surface area contributed by atoms with Gasteiger partial charge in [0.1, 0.15) is 0 Å². The van der Waals surface area contributed by atoms with Gasteiger partial charge in [0.2, 0.25) is 0 Å². The van der Waals surface area contributed by atoms with E-state index in [-0.39, 0.29) is 5.56 Å². The minimum atomic E-state index is -0.0401. The Labute approximate surface area is 208 Å². The van der Waals surface area contributed by atoms with Crippen molar-refractivity contribution in [2.75, 3.05) is 25.0 Å². The number of aryl methyl sites for hydroxylation is 3. The van der Waals surface area contributed by atoms with E-state index in [2.05, 4.69) is 78.1 Å². The molecule has 0 aliphatic carbocycles. The highest BCUT2D eigenvalue weighted by Gasteiger charge is 2.27. The summed E-state index contributed by atoms with van der Waals surface area (Å²) in [5.41, 5.74) is 6.19. The molecular weight excluding hydrogens is 440 g/mol. The lowest BCUT2D eigenvalue weighted by molar-refractivity contribution is 0.221. The molecule has 2 heterocycles. The van der Waals surface area contributed by atoms with Crippen LogP contribution in [0.2, 0.25) is 0 Å². The van der Waals surface area contributed by atoms with E-state index < -0.39 is 0 Å². The molecule has 34 heavy (non-hydrogen) atoms. The molecule has 0 spiro atoms. The average Bonchev–Trinajstić information content (AvgIpc) is 3.29. The monoisotopic (exact) mass is 476 g/mol. The van der Waals surface area contributed by atoms with Crippen molar-refractivity contribution in [1.29, 1.82) is 0 Å². The van der Waals surface area contributed by atoms with Crippen molar-refractivity contribution >= 4 is 33.9 Å². The number of benzene rings is 2. The van der Waals surface area contributed by atoms with Gasteiger partial charge in [-0.2, -0.15) is 0 Å². The predicted octanol–water partition coefficient (Wildman–Crippen LogP) is 5.39. The van der Waals surface area contributed by atoms with Gasteiger partial charge in [-0.1, -0.05) is 44.2 Å². The number of rotatable bonds is 7. The van der Waals surface area contributed by atoms with Gasteiger partial charge in [-0.05, 0) is 92.6 Å². The van der Waals surface area contributed by atoms with Crippen molar-refractivity contribution in [1.82, 2.24) is 14.8 Å². The Balaban J connectivity index is 1.65. The number of aromatic amines is 1. The standard InChI is InChI=1S/C28H36N4OS/c1-5-21-10-7-8-12-25(21)29-28(34)32(18-24-11-9-15-31(24)6-2)17-23-16-22-14-13-19(3)20(4)26(22)30-27(23)33/h7-8,10,12-14,16,24H,5-6,9,11,15,17-18H2,1-4H3,(H,29,34)(H,30,33)/t24-/m0/s1. The van der Waals surface area contributed by atoms with Gasteiger partial charge >= 0.3 is 0 Å². The van der Waals surface area contributed by atoms with E-state index in [4.69, 9.17) is 12.2 Å². The zero-order valence-corrected chi connectivity index (χ0v) is 21.6. The topological polar surface area (TPSA) is 51.4 Å². The fourth-order valence-electron chi connectivity index (χ4n) is 5.03. The molecule has 4 rings (SSSR count). The van der Waals surface area contributed by atoms with E-state index >= 15 is 0 Å². The Kier molecular flexibility index (Phi) is 7.69. The summed E-state index contributed by atoms with van der Waals surface area (Å²) < 4.78 is 0. The first-order valence-electron chi connectivity index (χ1n) is 12.4. The second-order valence-corrected chi connectivity index (χ2v) is 9.73. The van der Waals surface area contributed by atoms with Crippen molar-refractivity contribution in [3.63, 3.8) is 0 Å². The summed E-state index contributed by atoms with van der Waals surface area (Å²) in [6, 6.07) is 15.0. The smallest absolute Gasteiger partial charge is 0.253 e. The lowest BCUT2D eigenvalue weighted by atomic mass is 10.0. The van der Waals surface area contributed by atoms with Crippen LogP contribution in [0.15, 0.2) is 47.3 Å². The number of anilines is 1. The van der Waals surface area contributed by atoms with Crippen molar-refractivity contribution < 1.29 is 0 Å². The Morgan fingerprint density at radius 3 is 2.74 bits per heavy atom. The van der Waals surface area contributed by atoms with Gasteiger partial charge < -0.3 is 15.2 Å². The number of nitrogens with zero attached hydrogens (tertiary/aromatic N) is 2. The number of aromatic nitrogens is 1. The molecule has 1 fully saturated rings. The van der Waals surface area contributed by atoms with Crippen LogP contribution >= 0.6 is 12.2 Å². The van der Waals surface area contributed by atoms with Crippen LogP contribution < -0.4 is 10.9 Å². The van der Waals surface area contributed by atoms with Crippen molar-refractivity contribution in [3.8, 4) is 0 Å². The van der Waals surface area contributed by atoms with Crippen molar-refractivity contribution in [2.45, 2.75) is 59.5 Å².